The third-order valence-electron chi connectivity index (χ3n) is 2.71. The lowest BCUT2D eigenvalue weighted by Gasteiger charge is -2.10. The minimum Gasteiger partial charge on any atom is -0.495 e. The van der Waals surface area contributed by atoms with Gasteiger partial charge in [-0.05, 0) is 19.1 Å². The van der Waals surface area contributed by atoms with E-state index in [2.05, 4.69) is 10.3 Å². The van der Waals surface area contributed by atoms with Gasteiger partial charge in [-0.25, -0.2) is 4.98 Å². The summed E-state index contributed by atoms with van der Waals surface area (Å²) in [6.07, 6.45) is 0. The third-order valence-corrected chi connectivity index (χ3v) is 2.71. The number of aryl methyl sites for hydroxylation is 2. The van der Waals surface area contributed by atoms with Crippen LogP contribution in [0.15, 0.2) is 22.6 Å². The van der Waals surface area contributed by atoms with Crippen LogP contribution in [0.5, 0.6) is 5.75 Å². The second-order valence-corrected chi connectivity index (χ2v) is 4.10. The second-order valence-electron chi connectivity index (χ2n) is 4.10. The fourth-order valence-corrected chi connectivity index (χ4v) is 1.84. The predicted octanol–water partition coefficient (Wildman–Crippen LogP) is 2.42. The highest BCUT2D eigenvalue weighted by atomic mass is 16.5. The molecule has 2 aromatic rings. The highest BCUT2D eigenvalue weighted by Crippen LogP contribution is 2.28. The molecule has 1 amide bonds. The number of nitrogens with one attached hydrogen (secondary N) is 1. The van der Waals surface area contributed by atoms with Crippen LogP contribution in [0.3, 0.4) is 0 Å². The normalized spacial score (nSPS) is 9.90. The molecule has 102 valence electrons. The molecule has 0 aliphatic rings. The number of nitriles is 1. The van der Waals surface area contributed by atoms with Crippen molar-refractivity contribution in [2.75, 3.05) is 12.4 Å². The van der Waals surface area contributed by atoms with Gasteiger partial charge in [-0.3, -0.25) is 4.79 Å². The monoisotopic (exact) mass is 271 g/mol. The molecule has 1 aromatic heterocycles. The Hall–Kier alpha value is -2.81. The number of nitrogens with zero attached hydrogens (tertiary/aromatic N) is 2. The topological polar surface area (TPSA) is 88.1 Å². The first kappa shape index (κ1) is 13.6. The van der Waals surface area contributed by atoms with Crippen LogP contribution < -0.4 is 10.1 Å². The number of carbonyl (C=O) groups excluding carboxylic acids is 1. The molecule has 0 atom stereocenters. The highest BCUT2D eigenvalue weighted by Gasteiger charge is 2.19. The number of hydrogen-bond acceptors (Lipinski definition) is 5. The Morgan fingerprint density at radius 1 is 1.45 bits per heavy atom. The van der Waals surface area contributed by atoms with Gasteiger partial charge >= 0.3 is 0 Å². The maximum absolute atomic E-state index is 12.2. The smallest absolute Gasteiger partial charge is 0.293 e. The summed E-state index contributed by atoms with van der Waals surface area (Å²) in [5, 5.41) is 11.7. The summed E-state index contributed by atoms with van der Waals surface area (Å²) < 4.78 is 10.4. The van der Waals surface area contributed by atoms with Crippen LogP contribution in [0, 0.1) is 25.2 Å². The van der Waals surface area contributed by atoms with Crippen molar-refractivity contribution in [2.24, 2.45) is 0 Å². The van der Waals surface area contributed by atoms with E-state index in [4.69, 9.17) is 14.4 Å². The van der Waals surface area contributed by atoms with Crippen LogP contribution in [-0.4, -0.2) is 18.0 Å². The van der Waals surface area contributed by atoms with Gasteiger partial charge in [0.15, 0.2) is 5.89 Å². The summed E-state index contributed by atoms with van der Waals surface area (Å²) in [4.78, 5) is 16.2. The maximum atomic E-state index is 12.2. The first-order valence-corrected chi connectivity index (χ1v) is 5.89. The standard InChI is InChI=1S/C14H13N3O3/c1-8-13(20-9(2)16-8)14(18)17-12-10(7-15)5-4-6-11(12)19-3/h4-6H,1-3H3,(H,17,18). The molecule has 2 rings (SSSR count). The lowest BCUT2D eigenvalue weighted by atomic mass is 10.1. The van der Waals surface area contributed by atoms with E-state index >= 15 is 0 Å². The van der Waals surface area contributed by atoms with E-state index < -0.39 is 5.91 Å². The average Bonchev–Trinajstić information content (AvgIpc) is 2.78. The number of para-hydroxylation sites is 1. The van der Waals surface area contributed by atoms with E-state index in [-0.39, 0.29) is 5.76 Å². The third kappa shape index (κ3) is 2.47. The molecule has 0 saturated carbocycles. The van der Waals surface area contributed by atoms with E-state index in [0.717, 1.165) is 0 Å². The lowest BCUT2D eigenvalue weighted by molar-refractivity contribution is 0.0994. The summed E-state index contributed by atoms with van der Waals surface area (Å²) in [6, 6.07) is 6.94. The molecule has 0 aliphatic carbocycles. The molecule has 0 unspecified atom stereocenters. The number of aromatic nitrogens is 1. The quantitative estimate of drug-likeness (QED) is 0.926. The number of anilines is 1. The van der Waals surface area contributed by atoms with Crippen LogP contribution in [0.1, 0.15) is 27.7 Å². The molecule has 0 bridgehead atoms. The van der Waals surface area contributed by atoms with E-state index in [1.165, 1.54) is 7.11 Å². The Bertz CT molecular complexity index is 698. The minimum atomic E-state index is -0.468. The molecule has 6 nitrogen and oxygen atoms in total. The zero-order valence-corrected chi connectivity index (χ0v) is 11.4. The van der Waals surface area contributed by atoms with Crippen molar-refractivity contribution in [3.63, 3.8) is 0 Å². The average molecular weight is 271 g/mol. The Kier molecular flexibility index (Phi) is 3.71. The number of ether oxygens (including phenoxy) is 1. The largest absolute Gasteiger partial charge is 0.495 e. The van der Waals surface area contributed by atoms with Crippen LogP contribution >= 0.6 is 0 Å². The summed E-state index contributed by atoms with van der Waals surface area (Å²) in [7, 11) is 1.47. The summed E-state index contributed by atoms with van der Waals surface area (Å²) in [5.41, 5.74) is 1.12. The van der Waals surface area contributed by atoms with Crippen molar-refractivity contribution < 1.29 is 13.9 Å². The van der Waals surface area contributed by atoms with E-state index in [9.17, 15) is 4.79 Å². The molecule has 0 radical (unpaired) electrons. The number of rotatable bonds is 3. The van der Waals surface area contributed by atoms with E-state index in [1.807, 2.05) is 6.07 Å². The SMILES string of the molecule is COc1cccc(C#N)c1NC(=O)c1oc(C)nc1C. The van der Waals surface area contributed by atoms with Gasteiger partial charge in [0.05, 0.1) is 18.4 Å². The van der Waals surface area contributed by atoms with Gasteiger partial charge in [0.25, 0.3) is 5.91 Å². The van der Waals surface area contributed by atoms with Gasteiger partial charge < -0.3 is 14.5 Å². The van der Waals surface area contributed by atoms with Gasteiger partial charge in [-0.2, -0.15) is 5.26 Å². The second kappa shape index (κ2) is 5.45. The molecule has 1 aromatic carbocycles. The van der Waals surface area contributed by atoms with Crippen molar-refractivity contribution in [2.45, 2.75) is 13.8 Å². The first-order chi connectivity index (χ1) is 9.56. The number of benzene rings is 1. The van der Waals surface area contributed by atoms with Crippen molar-refractivity contribution in [1.82, 2.24) is 4.98 Å². The van der Waals surface area contributed by atoms with Crippen molar-refractivity contribution in [1.29, 1.82) is 5.26 Å². The molecule has 6 heteroatoms. The van der Waals surface area contributed by atoms with E-state index in [0.29, 0.717) is 28.6 Å². The Labute approximate surface area is 116 Å². The molecule has 0 saturated heterocycles. The van der Waals surface area contributed by atoms with E-state index in [1.54, 1.807) is 32.0 Å². The number of methoxy groups -OCH3 is 1. The number of oxazole rings is 1. The van der Waals surface area contributed by atoms with Gasteiger partial charge in [-0.15, -0.1) is 0 Å². The molecule has 1 heterocycles. The Morgan fingerprint density at radius 2 is 2.20 bits per heavy atom. The highest BCUT2D eigenvalue weighted by molar-refractivity contribution is 6.04. The van der Waals surface area contributed by atoms with Crippen LogP contribution in [0.25, 0.3) is 0 Å². The predicted molar refractivity (Wildman–Crippen MR) is 71.6 cm³/mol. The van der Waals surface area contributed by atoms with Crippen molar-refractivity contribution in [3.8, 4) is 11.8 Å². The minimum absolute atomic E-state index is 0.122. The Morgan fingerprint density at radius 3 is 2.75 bits per heavy atom. The van der Waals surface area contributed by atoms with Crippen molar-refractivity contribution >= 4 is 11.6 Å². The molecule has 1 N–H and O–H groups in total. The van der Waals surface area contributed by atoms with Crippen LogP contribution in [0.2, 0.25) is 0 Å². The maximum Gasteiger partial charge on any atom is 0.293 e. The van der Waals surface area contributed by atoms with Crippen LogP contribution in [-0.2, 0) is 0 Å². The number of amides is 1. The zero-order valence-electron chi connectivity index (χ0n) is 11.4. The molecular formula is C14H13N3O3. The Balaban J connectivity index is 2.37. The molecule has 0 aliphatic heterocycles. The van der Waals surface area contributed by atoms with Crippen molar-refractivity contribution in [3.05, 3.63) is 41.1 Å². The number of carbonyl (C=O) groups is 1. The summed E-state index contributed by atoms with van der Waals surface area (Å²) >= 11 is 0. The van der Waals surface area contributed by atoms with Gasteiger partial charge in [-0.1, -0.05) is 6.07 Å². The first-order valence-electron chi connectivity index (χ1n) is 5.89. The van der Waals surface area contributed by atoms with Gasteiger partial charge in [0, 0.05) is 6.92 Å². The molecule has 0 spiro atoms. The fourth-order valence-electron chi connectivity index (χ4n) is 1.84. The fraction of sp³-hybridized carbons (Fsp3) is 0.214. The van der Waals surface area contributed by atoms with Gasteiger partial charge in [0.1, 0.15) is 17.5 Å². The summed E-state index contributed by atoms with van der Waals surface area (Å²) in [5.74, 6) is 0.473. The lowest BCUT2D eigenvalue weighted by Crippen LogP contribution is -2.14. The molecule has 20 heavy (non-hydrogen) atoms. The van der Waals surface area contributed by atoms with Crippen LogP contribution in [0.4, 0.5) is 5.69 Å². The number of hydrogen-bond donors (Lipinski definition) is 1. The summed E-state index contributed by atoms with van der Waals surface area (Å²) in [6.45, 7) is 3.34. The zero-order chi connectivity index (χ0) is 14.7. The molecule has 0 fully saturated rings. The van der Waals surface area contributed by atoms with Gasteiger partial charge in [0.2, 0.25) is 5.76 Å². The molecular weight excluding hydrogens is 258 g/mol.